The highest BCUT2D eigenvalue weighted by Crippen LogP contribution is 2.24. The molecule has 0 saturated heterocycles. The number of nitrogens with zero attached hydrogens (tertiary/aromatic N) is 2. The average Bonchev–Trinajstić information content (AvgIpc) is 2.86. The Balaban J connectivity index is 1.88. The summed E-state index contributed by atoms with van der Waals surface area (Å²) < 4.78 is 26.9. The number of aliphatic imine (C=N–C) groups is 1. The maximum atomic E-state index is 12.2. The first-order valence-corrected chi connectivity index (χ1v) is 9.82. The first-order valence-electron chi connectivity index (χ1n) is 8.34. The number of rotatable bonds is 5. The van der Waals surface area contributed by atoms with Crippen LogP contribution in [0.5, 0.6) is 0 Å². The SMILES string of the molecule is CCc1ccc(C(CN=C2NS(=O)(=O)c3ccccc32)N(C)C)cc1. The quantitative estimate of drug-likeness (QED) is 0.895. The van der Waals surface area contributed by atoms with Crippen LogP contribution in [0.4, 0.5) is 0 Å². The van der Waals surface area contributed by atoms with Gasteiger partial charge in [-0.25, -0.2) is 8.42 Å². The molecule has 0 spiro atoms. The van der Waals surface area contributed by atoms with Gasteiger partial charge in [-0.2, -0.15) is 0 Å². The van der Waals surface area contributed by atoms with Gasteiger partial charge in [0.1, 0.15) is 5.84 Å². The van der Waals surface area contributed by atoms with Crippen LogP contribution in [-0.4, -0.2) is 39.8 Å². The first kappa shape index (κ1) is 17.6. The van der Waals surface area contributed by atoms with Crippen molar-refractivity contribution >= 4 is 15.9 Å². The molecule has 1 heterocycles. The number of benzene rings is 2. The molecule has 6 heteroatoms. The van der Waals surface area contributed by atoms with E-state index in [4.69, 9.17) is 0 Å². The molecule has 0 saturated carbocycles. The molecule has 0 amide bonds. The van der Waals surface area contributed by atoms with Crippen LogP contribution in [0.15, 0.2) is 58.4 Å². The van der Waals surface area contributed by atoms with E-state index >= 15 is 0 Å². The number of nitrogens with one attached hydrogen (secondary N) is 1. The molecule has 0 fully saturated rings. The number of aryl methyl sites for hydroxylation is 1. The van der Waals surface area contributed by atoms with Crippen LogP contribution in [0, 0.1) is 0 Å². The van der Waals surface area contributed by atoms with Gasteiger partial charge in [0.2, 0.25) is 0 Å². The van der Waals surface area contributed by atoms with Crippen LogP contribution in [0.1, 0.15) is 29.7 Å². The third-order valence-corrected chi connectivity index (χ3v) is 5.88. The molecule has 0 aliphatic carbocycles. The molecule has 132 valence electrons. The van der Waals surface area contributed by atoms with E-state index in [0.717, 1.165) is 6.42 Å². The summed E-state index contributed by atoms with van der Waals surface area (Å²) in [5, 5.41) is 0. The molecule has 1 aliphatic heterocycles. The summed E-state index contributed by atoms with van der Waals surface area (Å²) in [7, 11) is 0.520. The minimum absolute atomic E-state index is 0.0793. The fourth-order valence-electron chi connectivity index (χ4n) is 2.97. The summed E-state index contributed by atoms with van der Waals surface area (Å²) in [4.78, 5) is 6.98. The van der Waals surface area contributed by atoms with Crippen molar-refractivity contribution in [1.29, 1.82) is 0 Å². The molecule has 0 radical (unpaired) electrons. The Morgan fingerprint density at radius 2 is 1.76 bits per heavy atom. The molecule has 1 unspecified atom stereocenters. The van der Waals surface area contributed by atoms with Gasteiger partial charge in [-0.15, -0.1) is 0 Å². The lowest BCUT2D eigenvalue weighted by Crippen LogP contribution is -2.26. The second kappa shape index (κ2) is 6.98. The van der Waals surface area contributed by atoms with Crippen LogP contribution in [0.25, 0.3) is 0 Å². The topological polar surface area (TPSA) is 61.8 Å². The molecule has 1 atom stereocenters. The number of amidine groups is 1. The van der Waals surface area contributed by atoms with E-state index in [2.05, 4.69) is 45.8 Å². The van der Waals surface area contributed by atoms with Gasteiger partial charge in [0, 0.05) is 5.56 Å². The largest absolute Gasteiger partial charge is 0.301 e. The zero-order chi connectivity index (χ0) is 18.0. The summed E-state index contributed by atoms with van der Waals surface area (Å²) in [5.74, 6) is 0.424. The minimum atomic E-state index is -3.49. The molecule has 0 bridgehead atoms. The summed E-state index contributed by atoms with van der Waals surface area (Å²) in [6, 6.07) is 15.5. The summed E-state index contributed by atoms with van der Waals surface area (Å²) in [6.07, 6.45) is 1.01. The van der Waals surface area contributed by atoms with Crippen molar-refractivity contribution < 1.29 is 8.42 Å². The van der Waals surface area contributed by atoms with Crippen LogP contribution in [0.3, 0.4) is 0 Å². The molecular formula is C19H23N3O2S. The second-order valence-corrected chi connectivity index (χ2v) is 8.02. The van der Waals surface area contributed by atoms with Crippen LogP contribution >= 0.6 is 0 Å². The lowest BCUT2D eigenvalue weighted by Gasteiger charge is -2.23. The standard InChI is InChI=1S/C19H23N3O2S/c1-4-14-9-11-15(12-10-14)17(22(2)3)13-20-19-16-7-5-6-8-18(16)25(23,24)21-19/h5-12,17H,4,13H2,1-3H3,(H,20,21). The molecule has 0 aromatic heterocycles. The fraction of sp³-hybridized carbons (Fsp3) is 0.316. The van der Waals surface area contributed by atoms with Gasteiger partial charge in [0.05, 0.1) is 17.5 Å². The maximum Gasteiger partial charge on any atom is 0.263 e. The van der Waals surface area contributed by atoms with Gasteiger partial charge in [-0.05, 0) is 43.8 Å². The average molecular weight is 357 g/mol. The molecular weight excluding hydrogens is 334 g/mol. The van der Waals surface area contributed by atoms with Crippen LogP contribution in [-0.2, 0) is 16.4 Å². The van der Waals surface area contributed by atoms with Crippen molar-refractivity contribution in [2.24, 2.45) is 4.99 Å². The van der Waals surface area contributed by atoms with Gasteiger partial charge in [-0.3, -0.25) is 9.71 Å². The summed E-state index contributed by atoms with van der Waals surface area (Å²) in [5.41, 5.74) is 3.10. The number of hydrogen-bond acceptors (Lipinski definition) is 4. The van der Waals surface area contributed by atoms with E-state index < -0.39 is 10.0 Å². The van der Waals surface area contributed by atoms with Crippen molar-refractivity contribution in [3.63, 3.8) is 0 Å². The fourth-order valence-corrected chi connectivity index (χ4v) is 4.22. The third-order valence-electron chi connectivity index (χ3n) is 4.48. The number of likely N-dealkylation sites (N-methyl/N-ethyl adjacent to an activating group) is 1. The van der Waals surface area contributed by atoms with Gasteiger partial charge >= 0.3 is 0 Å². The van der Waals surface area contributed by atoms with Crippen molar-refractivity contribution in [3.8, 4) is 0 Å². The normalized spacial score (nSPS) is 18.2. The summed E-state index contributed by atoms with van der Waals surface area (Å²) >= 11 is 0. The lowest BCUT2D eigenvalue weighted by atomic mass is 10.0. The third kappa shape index (κ3) is 3.60. The summed E-state index contributed by atoms with van der Waals surface area (Å²) in [6.45, 7) is 2.61. The molecule has 1 N–H and O–H groups in total. The molecule has 2 aromatic carbocycles. The van der Waals surface area contributed by atoms with E-state index in [-0.39, 0.29) is 6.04 Å². The first-order chi connectivity index (χ1) is 11.9. The lowest BCUT2D eigenvalue weighted by molar-refractivity contribution is 0.306. The van der Waals surface area contributed by atoms with Crippen LogP contribution in [0.2, 0.25) is 0 Å². The van der Waals surface area contributed by atoms with Crippen molar-refractivity contribution in [2.45, 2.75) is 24.3 Å². The smallest absolute Gasteiger partial charge is 0.263 e. The van der Waals surface area contributed by atoms with E-state index in [1.54, 1.807) is 18.2 Å². The Morgan fingerprint density at radius 1 is 1.08 bits per heavy atom. The van der Waals surface area contributed by atoms with Gasteiger partial charge in [0.15, 0.2) is 0 Å². The number of sulfonamides is 1. The zero-order valence-electron chi connectivity index (χ0n) is 14.7. The predicted octanol–water partition coefficient (Wildman–Crippen LogP) is 2.59. The highest BCUT2D eigenvalue weighted by Gasteiger charge is 2.30. The van der Waals surface area contributed by atoms with E-state index in [0.29, 0.717) is 22.8 Å². The van der Waals surface area contributed by atoms with E-state index in [9.17, 15) is 8.42 Å². The Bertz CT molecular complexity index is 887. The number of fused-ring (bicyclic) bond motifs is 1. The molecule has 5 nitrogen and oxygen atoms in total. The molecule has 3 rings (SSSR count). The monoisotopic (exact) mass is 357 g/mol. The zero-order valence-corrected chi connectivity index (χ0v) is 15.5. The van der Waals surface area contributed by atoms with Crippen molar-refractivity contribution in [3.05, 3.63) is 65.2 Å². The Morgan fingerprint density at radius 3 is 2.40 bits per heavy atom. The second-order valence-electron chi connectivity index (χ2n) is 6.37. The van der Waals surface area contributed by atoms with E-state index in [1.165, 1.54) is 11.1 Å². The Labute approximate surface area is 149 Å². The van der Waals surface area contributed by atoms with Gasteiger partial charge < -0.3 is 4.90 Å². The number of hydrogen-bond donors (Lipinski definition) is 1. The van der Waals surface area contributed by atoms with Crippen LogP contribution < -0.4 is 4.72 Å². The maximum absolute atomic E-state index is 12.2. The van der Waals surface area contributed by atoms with Crippen molar-refractivity contribution in [1.82, 2.24) is 9.62 Å². The predicted molar refractivity (Wildman–Crippen MR) is 100 cm³/mol. The van der Waals surface area contributed by atoms with Crippen molar-refractivity contribution in [2.75, 3.05) is 20.6 Å². The van der Waals surface area contributed by atoms with Gasteiger partial charge in [-0.1, -0.05) is 43.3 Å². The molecule has 2 aromatic rings. The Kier molecular flexibility index (Phi) is 4.92. The molecule has 25 heavy (non-hydrogen) atoms. The highest BCUT2D eigenvalue weighted by atomic mass is 32.2. The van der Waals surface area contributed by atoms with Gasteiger partial charge in [0.25, 0.3) is 10.0 Å². The molecule has 1 aliphatic rings. The van der Waals surface area contributed by atoms with E-state index in [1.807, 2.05) is 20.2 Å². The highest BCUT2D eigenvalue weighted by molar-refractivity contribution is 7.90. The minimum Gasteiger partial charge on any atom is -0.301 e. The Hall–Kier alpha value is -2.18.